The Balaban J connectivity index is 0.000000145. The zero-order valence-electron chi connectivity index (χ0n) is 96.0. The summed E-state index contributed by atoms with van der Waals surface area (Å²) in [5.41, 5.74) is 29.9. The van der Waals surface area contributed by atoms with Crippen molar-refractivity contribution in [1.82, 2.24) is 22.8 Å². The SMILES string of the molecule is Cc1cc(C)c(-n2c(-c3cccc[n+]3C)c(C)c3ccccc32)c(C)c1.[2H]C(C)(C)c1cccc(C([2H])(C)C([2H])([2H])[2H])c1-n1c(-c2cccc[n+]2C)c(C)c2ccccc21.[2H]C(C)(C)c1ccccc1-n1c(-c2cccc[n+]2C)c(C)c2ccccc21.[2H]C([2H])([2H])C([2H])(C)c1cccc(C([2H])(C)C([2H])([2H])[2H])c1-n1ccc(C)c1-c1cccc[n+]1C.[2H]C([2H])([2H])C([2H])(C)c1ccccc1-n1ccc(C)c1-c1cccc[n+]1C. The number of hydrogen-bond acceptors (Lipinski definition) is 0. The molecular formula is C118H133N10+5. The van der Waals surface area contributed by atoms with Gasteiger partial charge in [-0.15, -0.1) is 0 Å². The molecule has 10 aromatic heterocycles. The van der Waals surface area contributed by atoms with Gasteiger partial charge in [-0.3, -0.25) is 0 Å². The van der Waals surface area contributed by atoms with Gasteiger partial charge in [0.2, 0.25) is 28.5 Å². The molecule has 18 aromatic rings. The van der Waals surface area contributed by atoms with Gasteiger partial charge in [-0.1, -0.05) is 228 Å². The summed E-state index contributed by atoms with van der Waals surface area (Å²) in [7, 11) is 10.0. The van der Waals surface area contributed by atoms with Gasteiger partial charge in [0.25, 0.3) is 0 Å². The maximum Gasteiger partial charge on any atom is 0.229 e. The van der Waals surface area contributed by atoms with Crippen LogP contribution in [0.2, 0.25) is 0 Å². The summed E-state index contributed by atoms with van der Waals surface area (Å²) in [5.74, 6) is -9.39. The van der Waals surface area contributed by atoms with Crippen LogP contribution in [0.4, 0.5) is 0 Å². The summed E-state index contributed by atoms with van der Waals surface area (Å²) < 4.78 is 170. The number of benzene rings is 8. The Labute approximate surface area is 787 Å². The fraction of sp³-hybridized carbons (Fsp3) is 0.263. The van der Waals surface area contributed by atoms with E-state index in [1.54, 1.807) is 48.9 Å². The van der Waals surface area contributed by atoms with Crippen LogP contribution in [0.3, 0.4) is 0 Å². The Bertz CT molecular complexity index is 7820. The van der Waals surface area contributed by atoms with Crippen molar-refractivity contribution < 1.29 is 47.5 Å². The van der Waals surface area contributed by atoms with Crippen molar-refractivity contribution in [3.05, 3.63) is 394 Å². The highest BCUT2D eigenvalue weighted by atomic mass is 15.1. The van der Waals surface area contributed by atoms with Crippen LogP contribution in [0.25, 0.3) is 118 Å². The first-order valence-corrected chi connectivity index (χ1v) is 43.8. The predicted molar refractivity (Wildman–Crippen MR) is 537 cm³/mol. The Kier molecular flexibility index (Phi) is 21.4. The predicted octanol–water partition coefficient (Wildman–Crippen LogP) is 27.5. The first kappa shape index (κ1) is 69.8. The van der Waals surface area contributed by atoms with Crippen LogP contribution >= 0.6 is 0 Å². The Morgan fingerprint density at radius 3 is 0.914 bits per heavy atom. The van der Waals surface area contributed by atoms with E-state index in [0.29, 0.717) is 28.1 Å². The molecule has 0 fully saturated rings. The monoisotopic (exact) mass is 1710 g/mol. The minimum atomic E-state index is -2.68. The lowest BCUT2D eigenvalue weighted by Crippen LogP contribution is -2.31. The number of nitrogens with zero attached hydrogens (tertiary/aromatic N) is 10. The number of aryl methyl sites for hydroxylation is 13. The van der Waals surface area contributed by atoms with Gasteiger partial charge in [0.1, 0.15) is 63.7 Å². The molecule has 8 aromatic carbocycles. The summed E-state index contributed by atoms with van der Waals surface area (Å²) in [6.07, 6.45) is 13.7. The second-order valence-electron chi connectivity index (χ2n) is 34.1. The molecule has 10 heteroatoms. The van der Waals surface area contributed by atoms with Crippen molar-refractivity contribution in [3.63, 3.8) is 0 Å². The van der Waals surface area contributed by atoms with Crippen molar-refractivity contribution in [3.8, 4) is 85.4 Å². The smallest absolute Gasteiger partial charge is 0.229 e. The third kappa shape index (κ3) is 18.1. The molecule has 0 radical (unpaired) electrons. The summed E-state index contributed by atoms with van der Waals surface area (Å²) in [6.45, 7) is 19.7. The maximum absolute atomic E-state index is 9.00. The lowest BCUT2D eigenvalue weighted by atomic mass is 9.92. The van der Waals surface area contributed by atoms with Crippen molar-refractivity contribution >= 4 is 32.7 Å². The van der Waals surface area contributed by atoms with E-state index in [9.17, 15) is 0 Å². The fourth-order valence-electron chi connectivity index (χ4n) is 18.3. The van der Waals surface area contributed by atoms with E-state index in [4.69, 9.17) is 24.7 Å². The number of rotatable bonds is 16. The highest BCUT2D eigenvalue weighted by Crippen LogP contribution is 2.44. The molecule has 10 heterocycles. The van der Waals surface area contributed by atoms with Gasteiger partial charge in [0.05, 0.1) is 33.6 Å². The Morgan fingerprint density at radius 2 is 0.531 bits per heavy atom. The average molecular weight is 1710 g/mol. The van der Waals surface area contributed by atoms with E-state index < -0.39 is 62.8 Å². The summed E-state index contributed by atoms with van der Waals surface area (Å²) >= 11 is 0. The van der Waals surface area contributed by atoms with Gasteiger partial charge in [-0.05, 0) is 236 Å². The number of aromatic nitrogens is 10. The van der Waals surface area contributed by atoms with Crippen LogP contribution in [-0.2, 0) is 35.2 Å². The second-order valence-corrected chi connectivity index (χ2v) is 34.1. The molecule has 0 N–H and O–H groups in total. The molecule has 0 saturated heterocycles. The molecule has 0 amide bonds. The molecule has 0 aliphatic heterocycles. The summed E-state index contributed by atoms with van der Waals surface area (Å²) in [6, 6.07) is 89.6. The average Bonchev–Trinajstić information content (AvgIpc) is 1.56. The first-order valence-electron chi connectivity index (χ1n) is 52.8. The highest BCUT2D eigenvalue weighted by molar-refractivity contribution is 5.95. The van der Waals surface area contributed by atoms with Crippen LogP contribution in [0, 0.1) is 55.4 Å². The first-order chi connectivity index (χ1) is 68.3. The quantitative estimate of drug-likeness (QED) is 0.0866. The van der Waals surface area contributed by atoms with Crippen LogP contribution in [0.15, 0.2) is 316 Å². The summed E-state index contributed by atoms with van der Waals surface area (Å²) in [5, 5.41) is 3.60. The minimum absolute atomic E-state index is 0.137. The largest absolute Gasteiger partial charge is 0.311 e. The minimum Gasteiger partial charge on any atom is -0.311 e. The van der Waals surface area contributed by atoms with Gasteiger partial charge in [-0.2, -0.15) is 22.8 Å². The van der Waals surface area contributed by atoms with Crippen molar-refractivity contribution in [2.24, 2.45) is 35.2 Å². The molecule has 0 aliphatic rings. The van der Waals surface area contributed by atoms with E-state index >= 15 is 0 Å². The van der Waals surface area contributed by atoms with E-state index in [-0.39, 0.29) is 16.8 Å². The van der Waals surface area contributed by atoms with Crippen LogP contribution in [0.1, 0.15) is 221 Å². The second kappa shape index (κ2) is 39.3. The van der Waals surface area contributed by atoms with Crippen molar-refractivity contribution in [1.29, 1.82) is 0 Å². The van der Waals surface area contributed by atoms with Gasteiger partial charge >= 0.3 is 0 Å². The van der Waals surface area contributed by atoms with E-state index in [2.05, 4.69) is 206 Å². The Morgan fingerprint density at radius 1 is 0.250 bits per heavy atom. The van der Waals surface area contributed by atoms with E-state index in [1.165, 1.54) is 118 Å². The Hall–Kier alpha value is -13.3. The maximum atomic E-state index is 9.00. The van der Waals surface area contributed by atoms with Gasteiger partial charge in [-0.25, -0.2) is 0 Å². The van der Waals surface area contributed by atoms with Gasteiger partial charge in [0, 0.05) is 125 Å². The molecule has 650 valence electrons. The number of para-hydroxylation sites is 7. The molecule has 0 bridgehead atoms. The number of hydrogen-bond donors (Lipinski definition) is 0. The fourth-order valence-corrected chi connectivity index (χ4v) is 18.3. The topological polar surface area (TPSA) is 44.0 Å². The molecule has 4 unspecified atom stereocenters. The molecular weight excluding hydrogens is 1560 g/mol. The molecule has 128 heavy (non-hydrogen) atoms. The molecule has 0 saturated carbocycles. The lowest BCUT2D eigenvalue weighted by molar-refractivity contribution is -0.660. The van der Waals surface area contributed by atoms with Crippen LogP contribution < -0.4 is 22.8 Å². The van der Waals surface area contributed by atoms with Gasteiger partial charge in [0.15, 0.2) is 31.0 Å². The lowest BCUT2D eigenvalue weighted by Gasteiger charge is -2.23. The van der Waals surface area contributed by atoms with Crippen molar-refractivity contribution in [2.45, 2.75) is 174 Å². The molecule has 0 aliphatic carbocycles. The molecule has 0 spiro atoms. The van der Waals surface area contributed by atoms with Crippen molar-refractivity contribution in [2.75, 3.05) is 0 Å². The zero-order chi connectivity index (χ0) is 107. The van der Waals surface area contributed by atoms with Crippen LogP contribution in [0.5, 0.6) is 0 Å². The standard InChI is InChI=1S/C27H31N2.2C24H25N2.C23H29N2.C20H23N2/c1-18(2)21-13-11-14-22(19(3)4)27(21)29-24-15-8-7-12-23(24)20(5)26(29)25-16-9-10-17-28(25)6;1-16-14-17(2)23(18(3)15-16)26-21-11-7-6-10-20(21)19(4)24(26)22-12-8-9-13-25(22)5;1-17(2)19-11-5-7-13-21(19)26-22-14-8-6-12-20(22)18(3)24(26)23-15-9-10-16-25(23)4;1-16(2)19-10-9-11-20(17(3)4)23(19)25-15-13-18(5)22(25)21-12-7-8-14-24(21)6;1-15(2)17-9-5-6-10-18(17)22-14-12-16(3)20(22)19-11-7-8-13-21(19)4/h7-19H,1-6H3;6-15H,1-5H3;5-17H,1-4H3;7-17H,1-6H3;5-15H,1-4H3/q5*+1/i1D3,18D,19D;;17D;1D3,3D3,16D,17D;1D3,15D. The van der Waals surface area contributed by atoms with Gasteiger partial charge < -0.3 is 22.8 Å². The highest BCUT2D eigenvalue weighted by Gasteiger charge is 2.31. The molecule has 4 atom stereocenters. The van der Waals surface area contributed by atoms with E-state index in [1.807, 2.05) is 207 Å². The summed E-state index contributed by atoms with van der Waals surface area (Å²) in [4.78, 5) is 0. The van der Waals surface area contributed by atoms with Crippen LogP contribution in [-0.4, -0.2) is 22.8 Å². The normalized spacial score (nSPS) is 15.9. The molecule has 18 rings (SSSR count). The third-order valence-corrected chi connectivity index (χ3v) is 24.4. The third-order valence-electron chi connectivity index (χ3n) is 24.4. The number of pyridine rings is 5. The zero-order valence-corrected chi connectivity index (χ0v) is 78.0. The number of fused-ring (bicyclic) bond motifs is 3. The van der Waals surface area contributed by atoms with E-state index in [0.717, 1.165) is 78.7 Å². The molecule has 10 nitrogen and oxygen atoms in total.